The van der Waals surface area contributed by atoms with E-state index in [0.29, 0.717) is 0 Å². The molecular weight excluding hydrogens is 306 g/mol. The summed E-state index contributed by atoms with van der Waals surface area (Å²) in [6, 6.07) is 8.44. The Hall–Kier alpha value is -1.92. The number of carbonyl (C=O) groups excluding carboxylic acids is 1. The average Bonchev–Trinajstić information content (AvgIpc) is 2.55. The number of hydrogen-bond donors (Lipinski definition) is 3. The molecule has 24 heavy (non-hydrogen) atoms. The van der Waals surface area contributed by atoms with E-state index in [2.05, 4.69) is 22.8 Å². The Balaban J connectivity index is 1.47. The SMILES string of the molecule is CCN(CC(=O)O)C1CC(NC(=O)[C@H]2Cc3ccccc3CN2)C1. The van der Waals surface area contributed by atoms with E-state index in [1.807, 2.05) is 24.0 Å². The van der Waals surface area contributed by atoms with E-state index >= 15 is 0 Å². The summed E-state index contributed by atoms with van der Waals surface area (Å²) in [7, 11) is 0. The predicted octanol–water partition coefficient (Wildman–Crippen LogP) is 0.755. The molecule has 6 heteroatoms. The highest BCUT2D eigenvalue weighted by atomic mass is 16.4. The molecule has 0 aromatic heterocycles. The third kappa shape index (κ3) is 3.76. The van der Waals surface area contributed by atoms with E-state index < -0.39 is 5.97 Å². The molecule has 1 aromatic rings. The molecule has 1 atom stereocenters. The summed E-state index contributed by atoms with van der Waals surface area (Å²) in [4.78, 5) is 25.3. The van der Waals surface area contributed by atoms with Gasteiger partial charge in [-0.25, -0.2) is 0 Å². The fraction of sp³-hybridized carbons (Fsp3) is 0.556. The van der Waals surface area contributed by atoms with Gasteiger partial charge in [0.15, 0.2) is 0 Å². The van der Waals surface area contributed by atoms with Crippen LogP contribution in [0.5, 0.6) is 0 Å². The number of amides is 1. The zero-order chi connectivity index (χ0) is 17.1. The van der Waals surface area contributed by atoms with Gasteiger partial charge in [0.2, 0.25) is 5.91 Å². The molecule has 2 aliphatic rings. The minimum atomic E-state index is -0.797. The summed E-state index contributed by atoms with van der Waals surface area (Å²) in [5.74, 6) is -0.747. The van der Waals surface area contributed by atoms with Crippen LogP contribution in [0.1, 0.15) is 30.9 Å². The molecule has 0 saturated heterocycles. The van der Waals surface area contributed by atoms with Crippen molar-refractivity contribution in [2.45, 2.75) is 50.9 Å². The first-order chi connectivity index (χ1) is 11.6. The maximum absolute atomic E-state index is 12.5. The zero-order valence-corrected chi connectivity index (χ0v) is 14.0. The monoisotopic (exact) mass is 331 g/mol. The van der Waals surface area contributed by atoms with Crippen LogP contribution >= 0.6 is 0 Å². The molecule has 0 unspecified atom stereocenters. The van der Waals surface area contributed by atoms with Gasteiger partial charge >= 0.3 is 5.97 Å². The highest BCUT2D eigenvalue weighted by molar-refractivity contribution is 5.82. The predicted molar refractivity (Wildman–Crippen MR) is 90.6 cm³/mol. The Morgan fingerprint density at radius 2 is 2.00 bits per heavy atom. The molecular formula is C18H25N3O3. The topological polar surface area (TPSA) is 81.7 Å². The molecule has 0 spiro atoms. The van der Waals surface area contributed by atoms with E-state index in [1.54, 1.807) is 0 Å². The van der Waals surface area contributed by atoms with Gasteiger partial charge in [-0.2, -0.15) is 0 Å². The minimum Gasteiger partial charge on any atom is -0.480 e. The van der Waals surface area contributed by atoms with Gasteiger partial charge in [0.25, 0.3) is 0 Å². The Labute approximate surface area is 142 Å². The summed E-state index contributed by atoms with van der Waals surface area (Å²) in [6.45, 7) is 3.49. The molecule has 0 radical (unpaired) electrons. The molecule has 1 aliphatic carbocycles. The second-order valence-corrected chi connectivity index (χ2v) is 6.69. The van der Waals surface area contributed by atoms with Gasteiger partial charge in [0.05, 0.1) is 12.6 Å². The van der Waals surface area contributed by atoms with Crippen molar-refractivity contribution in [2.24, 2.45) is 0 Å². The van der Waals surface area contributed by atoms with Crippen LogP contribution in [-0.2, 0) is 22.6 Å². The summed E-state index contributed by atoms with van der Waals surface area (Å²) in [5.41, 5.74) is 2.50. The molecule has 6 nitrogen and oxygen atoms in total. The molecule has 1 amide bonds. The van der Waals surface area contributed by atoms with E-state index in [0.717, 1.165) is 32.4 Å². The number of fused-ring (bicyclic) bond motifs is 1. The number of carboxylic acids is 1. The number of carboxylic acid groups (broad SMARTS) is 1. The first-order valence-corrected chi connectivity index (χ1v) is 8.63. The summed E-state index contributed by atoms with van der Waals surface area (Å²) < 4.78 is 0. The average molecular weight is 331 g/mol. The van der Waals surface area contributed by atoms with Crippen LogP contribution in [0.4, 0.5) is 0 Å². The number of aliphatic carboxylic acids is 1. The van der Waals surface area contributed by atoms with Gasteiger partial charge in [0, 0.05) is 18.6 Å². The van der Waals surface area contributed by atoms with Gasteiger partial charge in [-0.3, -0.25) is 14.5 Å². The first-order valence-electron chi connectivity index (χ1n) is 8.63. The van der Waals surface area contributed by atoms with E-state index in [1.165, 1.54) is 11.1 Å². The van der Waals surface area contributed by atoms with E-state index in [9.17, 15) is 9.59 Å². The van der Waals surface area contributed by atoms with Crippen molar-refractivity contribution in [3.05, 3.63) is 35.4 Å². The van der Waals surface area contributed by atoms with Gasteiger partial charge in [-0.15, -0.1) is 0 Å². The van der Waals surface area contributed by atoms with E-state index in [4.69, 9.17) is 5.11 Å². The van der Waals surface area contributed by atoms with Crippen LogP contribution in [-0.4, -0.2) is 53.1 Å². The molecule has 0 bridgehead atoms. The molecule has 3 N–H and O–H groups in total. The minimum absolute atomic E-state index is 0.0502. The highest BCUT2D eigenvalue weighted by Crippen LogP contribution is 2.26. The highest BCUT2D eigenvalue weighted by Gasteiger charge is 2.36. The van der Waals surface area contributed by atoms with Crippen LogP contribution in [0.2, 0.25) is 0 Å². The number of nitrogens with one attached hydrogen (secondary N) is 2. The van der Waals surface area contributed by atoms with Crippen molar-refractivity contribution in [3.8, 4) is 0 Å². The lowest BCUT2D eigenvalue weighted by molar-refractivity contribution is -0.140. The van der Waals surface area contributed by atoms with Gasteiger partial charge < -0.3 is 15.7 Å². The molecule has 1 fully saturated rings. The lowest BCUT2D eigenvalue weighted by Crippen LogP contribution is -2.58. The van der Waals surface area contributed by atoms with Crippen LogP contribution in [0, 0.1) is 0 Å². The second kappa shape index (κ2) is 7.32. The van der Waals surface area contributed by atoms with Crippen LogP contribution < -0.4 is 10.6 Å². The second-order valence-electron chi connectivity index (χ2n) is 6.69. The third-order valence-corrected chi connectivity index (χ3v) is 5.12. The van der Waals surface area contributed by atoms with Crippen LogP contribution in [0.25, 0.3) is 0 Å². The van der Waals surface area contributed by atoms with Crippen molar-refractivity contribution in [3.63, 3.8) is 0 Å². The van der Waals surface area contributed by atoms with Crippen molar-refractivity contribution in [2.75, 3.05) is 13.1 Å². The molecule has 1 saturated carbocycles. The van der Waals surface area contributed by atoms with Crippen LogP contribution in [0.3, 0.4) is 0 Å². The maximum atomic E-state index is 12.5. The molecule has 130 valence electrons. The normalized spacial score (nSPS) is 25.7. The number of likely N-dealkylation sites (N-methyl/N-ethyl adjacent to an activating group) is 1. The van der Waals surface area contributed by atoms with Crippen LogP contribution in [0.15, 0.2) is 24.3 Å². The third-order valence-electron chi connectivity index (χ3n) is 5.12. The van der Waals surface area contributed by atoms with Crippen molar-refractivity contribution >= 4 is 11.9 Å². The van der Waals surface area contributed by atoms with Gasteiger partial charge in [-0.1, -0.05) is 31.2 Å². The molecule has 1 heterocycles. The summed E-state index contributed by atoms with van der Waals surface area (Å²) in [6.07, 6.45) is 2.38. The summed E-state index contributed by atoms with van der Waals surface area (Å²) >= 11 is 0. The fourth-order valence-corrected chi connectivity index (χ4v) is 3.62. The number of hydrogen-bond acceptors (Lipinski definition) is 4. The Bertz CT molecular complexity index is 613. The quantitative estimate of drug-likeness (QED) is 0.717. The number of carbonyl (C=O) groups is 2. The lowest BCUT2D eigenvalue weighted by Gasteiger charge is -2.42. The molecule has 1 aromatic carbocycles. The summed E-state index contributed by atoms with van der Waals surface area (Å²) in [5, 5.41) is 15.3. The van der Waals surface area contributed by atoms with Gasteiger partial charge in [-0.05, 0) is 36.9 Å². The maximum Gasteiger partial charge on any atom is 0.317 e. The first kappa shape index (κ1) is 16.9. The molecule has 3 rings (SSSR count). The Kier molecular flexibility index (Phi) is 5.16. The van der Waals surface area contributed by atoms with Crippen molar-refractivity contribution in [1.29, 1.82) is 0 Å². The number of benzene rings is 1. The Morgan fingerprint density at radius 1 is 1.29 bits per heavy atom. The standard InChI is InChI=1S/C18H25N3O3/c1-2-21(11-17(22)23)15-8-14(9-15)20-18(24)16-7-12-5-3-4-6-13(12)10-19-16/h3-6,14-16,19H,2,7-11H2,1H3,(H,20,24)(H,22,23)/t14?,15?,16-/m1/s1. The largest absolute Gasteiger partial charge is 0.480 e. The Morgan fingerprint density at radius 3 is 2.67 bits per heavy atom. The van der Waals surface area contributed by atoms with Gasteiger partial charge in [0.1, 0.15) is 0 Å². The number of rotatable bonds is 6. The van der Waals surface area contributed by atoms with Crippen molar-refractivity contribution in [1.82, 2.24) is 15.5 Å². The number of nitrogens with zero attached hydrogens (tertiary/aromatic N) is 1. The van der Waals surface area contributed by atoms with Crippen molar-refractivity contribution < 1.29 is 14.7 Å². The van der Waals surface area contributed by atoms with E-state index in [-0.39, 0.29) is 30.6 Å². The smallest absolute Gasteiger partial charge is 0.317 e. The lowest BCUT2D eigenvalue weighted by atomic mass is 9.85. The molecule has 1 aliphatic heterocycles. The fourth-order valence-electron chi connectivity index (χ4n) is 3.62. The zero-order valence-electron chi connectivity index (χ0n) is 14.0.